The Labute approximate surface area is 156 Å². The van der Waals surface area contributed by atoms with Crippen molar-refractivity contribution >= 4 is 0 Å². The molecule has 1 aromatic rings. The number of benzene rings is 1. The highest BCUT2D eigenvalue weighted by Crippen LogP contribution is 2.41. The van der Waals surface area contributed by atoms with E-state index >= 15 is 0 Å². The van der Waals surface area contributed by atoms with Gasteiger partial charge in [0.25, 0.3) is 0 Å². The van der Waals surface area contributed by atoms with E-state index in [9.17, 15) is 4.39 Å². The van der Waals surface area contributed by atoms with Crippen LogP contribution in [0.2, 0.25) is 0 Å². The number of nitrogens with zero attached hydrogens (tertiary/aromatic N) is 1. The Morgan fingerprint density at radius 3 is 2.92 bits per heavy atom. The monoisotopic (exact) mass is 365 g/mol. The van der Waals surface area contributed by atoms with E-state index in [1.807, 2.05) is 13.0 Å². The third-order valence-electron chi connectivity index (χ3n) is 5.41. The third kappa shape index (κ3) is 4.38. The second kappa shape index (κ2) is 9.67. The second-order valence-electron chi connectivity index (χ2n) is 7.13. The highest BCUT2D eigenvalue weighted by Gasteiger charge is 2.37. The highest BCUT2D eigenvalue weighted by molar-refractivity contribution is 5.45. The van der Waals surface area contributed by atoms with Crippen LogP contribution in [0.15, 0.2) is 12.1 Å². The number of halogens is 1. The molecule has 2 heterocycles. The van der Waals surface area contributed by atoms with E-state index in [0.29, 0.717) is 13.2 Å². The van der Waals surface area contributed by atoms with E-state index in [2.05, 4.69) is 11.8 Å². The van der Waals surface area contributed by atoms with E-state index in [-0.39, 0.29) is 18.0 Å². The Balaban J connectivity index is 1.80. The van der Waals surface area contributed by atoms with Crippen molar-refractivity contribution in [1.29, 1.82) is 0 Å². The average Bonchev–Trinajstić information content (AvgIpc) is 2.84. The predicted octanol–water partition coefficient (Wildman–Crippen LogP) is 4.12. The number of unbranched alkanes of at least 4 members (excludes halogenated alkanes) is 1. The van der Waals surface area contributed by atoms with Crippen molar-refractivity contribution in [2.24, 2.45) is 0 Å². The molecular formula is C21H32FNO3. The maximum Gasteiger partial charge on any atom is 0.131 e. The van der Waals surface area contributed by atoms with Crippen molar-refractivity contribution in [3.63, 3.8) is 0 Å². The lowest BCUT2D eigenvalue weighted by molar-refractivity contribution is -0.0760. The van der Waals surface area contributed by atoms with Crippen LogP contribution >= 0.6 is 0 Å². The number of hydrogen-bond donors (Lipinski definition) is 0. The summed E-state index contributed by atoms with van der Waals surface area (Å²) in [6, 6.07) is 3.75. The molecular weight excluding hydrogens is 333 g/mol. The molecule has 0 amide bonds. The summed E-state index contributed by atoms with van der Waals surface area (Å²) in [4.78, 5) is 2.50. The van der Waals surface area contributed by atoms with Gasteiger partial charge in [-0.05, 0) is 44.7 Å². The topological polar surface area (TPSA) is 30.9 Å². The lowest BCUT2D eigenvalue weighted by atomic mass is 9.94. The number of rotatable bonds is 8. The van der Waals surface area contributed by atoms with Crippen LogP contribution in [0.5, 0.6) is 5.75 Å². The zero-order valence-corrected chi connectivity index (χ0v) is 16.1. The fraction of sp³-hybridized carbons (Fsp3) is 0.714. The third-order valence-corrected chi connectivity index (χ3v) is 5.41. The normalized spacial score (nSPS) is 23.0. The fourth-order valence-corrected chi connectivity index (χ4v) is 4.07. The molecule has 0 saturated carbocycles. The Bertz CT molecular complexity index is 581. The molecule has 0 aliphatic carbocycles. The van der Waals surface area contributed by atoms with Crippen LogP contribution in [0, 0.1) is 5.82 Å². The Morgan fingerprint density at radius 1 is 1.23 bits per heavy atom. The first-order chi connectivity index (χ1) is 12.8. The summed E-state index contributed by atoms with van der Waals surface area (Å²) < 4.78 is 32.2. The zero-order valence-electron chi connectivity index (χ0n) is 16.1. The summed E-state index contributed by atoms with van der Waals surface area (Å²) in [6.07, 6.45) is 4.63. The molecule has 0 spiro atoms. The van der Waals surface area contributed by atoms with Gasteiger partial charge in [0, 0.05) is 43.5 Å². The lowest BCUT2D eigenvalue weighted by Gasteiger charge is -2.40. The SMILES string of the molecule is CCCCc1c(F)ccc2c1OCCC1C2OCCN1CCCOCC. The molecule has 2 aliphatic heterocycles. The number of fused-ring (bicyclic) bond motifs is 3. The molecule has 3 rings (SSSR count). The zero-order chi connectivity index (χ0) is 18.4. The van der Waals surface area contributed by atoms with Crippen molar-refractivity contribution < 1.29 is 18.6 Å². The first-order valence-corrected chi connectivity index (χ1v) is 10.1. The first kappa shape index (κ1) is 19.6. The van der Waals surface area contributed by atoms with Gasteiger partial charge in [-0.25, -0.2) is 4.39 Å². The maximum atomic E-state index is 14.4. The van der Waals surface area contributed by atoms with Gasteiger partial charge in [0.15, 0.2) is 0 Å². The second-order valence-corrected chi connectivity index (χ2v) is 7.13. The largest absolute Gasteiger partial charge is 0.493 e. The van der Waals surface area contributed by atoms with Crippen LogP contribution in [0.4, 0.5) is 4.39 Å². The molecule has 4 nitrogen and oxygen atoms in total. The fourth-order valence-electron chi connectivity index (χ4n) is 4.07. The van der Waals surface area contributed by atoms with Gasteiger partial charge in [0.2, 0.25) is 0 Å². The Hall–Kier alpha value is -1.17. The van der Waals surface area contributed by atoms with E-state index in [0.717, 1.165) is 75.3 Å². The van der Waals surface area contributed by atoms with Crippen LogP contribution < -0.4 is 4.74 Å². The number of ether oxygens (including phenoxy) is 3. The molecule has 146 valence electrons. The van der Waals surface area contributed by atoms with Crippen molar-refractivity contribution in [3.05, 3.63) is 29.1 Å². The van der Waals surface area contributed by atoms with Crippen LogP contribution in [-0.2, 0) is 15.9 Å². The van der Waals surface area contributed by atoms with E-state index < -0.39 is 0 Å². The summed E-state index contributed by atoms with van der Waals surface area (Å²) in [5.74, 6) is 0.585. The van der Waals surface area contributed by atoms with E-state index in [1.165, 1.54) is 0 Å². The van der Waals surface area contributed by atoms with Crippen molar-refractivity contribution in [2.45, 2.75) is 58.1 Å². The molecule has 1 saturated heterocycles. The van der Waals surface area contributed by atoms with Crippen LogP contribution in [-0.4, -0.2) is 50.5 Å². The van der Waals surface area contributed by atoms with Gasteiger partial charge in [0.1, 0.15) is 17.7 Å². The summed E-state index contributed by atoms with van der Waals surface area (Å²) in [5.41, 5.74) is 1.75. The van der Waals surface area contributed by atoms with Crippen molar-refractivity contribution in [1.82, 2.24) is 4.90 Å². The quantitative estimate of drug-likeness (QED) is 0.649. The van der Waals surface area contributed by atoms with Gasteiger partial charge in [0.05, 0.1) is 13.2 Å². The minimum Gasteiger partial charge on any atom is -0.493 e. The van der Waals surface area contributed by atoms with Gasteiger partial charge >= 0.3 is 0 Å². The van der Waals surface area contributed by atoms with E-state index in [4.69, 9.17) is 14.2 Å². The molecule has 2 unspecified atom stereocenters. The average molecular weight is 365 g/mol. The lowest BCUT2D eigenvalue weighted by Crippen LogP contribution is -2.47. The van der Waals surface area contributed by atoms with Gasteiger partial charge < -0.3 is 14.2 Å². The highest BCUT2D eigenvalue weighted by atomic mass is 19.1. The van der Waals surface area contributed by atoms with Crippen LogP contribution in [0.3, 0.4) is 0 Å². The molecule has 0 aromatic heterocycles. The number of hydrogen-bond acceptors (Lipinski definition) is 4. The first-order valence-electron chi connectivity index (χ1n) is 10.1. The summed E-state index contributed by atoms with van der Waals surface area (Å²) in [5, 5.41) is 0. The van der Waals surface area contributed by atoms with Gasteiger partial charge in [-0.15, -0.1) is 0 Å². The molecule has 0 N–H and O–H groups in total. The van der Waals surface area contributed by atoms with Gasteiger partial charge in [-0.1, -0.05) is 13.3 Å². The summed E-state index contributed by atoms with van der Waals surface area (Å²) in [6.45, 7) is 8.98. The maximum absolute atomic E-state index is 14.4. The van der Waals surface area contributed by atoms with Gasteiger partial charge in [-0.3, -0.25) is 4.90 Å². The molecule has 1 fully saturated rings. The van der Waals surface area contributed by atoms with Crippen LogP contribution in [0.25, 0.3) is 0 Å². The summed E-state index contributed by atoms with van der Waals surface area (Å²) in [7, 11) is 0. The van der Waals surface area contributed by atoms with Gasteiger partial charge in [-0.2, -0.15) is 0 Å². The minimum absolute atomic E-state index is 0.0330. The standard InChI is InChI=1S/C21H32FNO3/c1-3-5-7-16-18(22)9-8-17-20(16)25-14-10-19-21(17)26-15-12-23(19)11-6-13-24-4-2/h8-9,19,21H,3-7,10-15H2,1-2H3. The van der Waals surface area contributed by atoms with Crippen molar-refractivity contribution in [3.8, 4) is 5.75 Å². The molecule has 0 radical (unpaired) electrons. The van der Waals surface area contributed by atoms with Crippen molar-refractivity contribution in [2.75, 3.05) is 39.5 Å². The smallest absolute Gasteiger partial charge is 0.131 e. The minimum atomic E-state index is -0.153. The summed E-state index contributed by atoms with van der Waals surface area (Å²) >= 11 is 0. The Kier molecular flexibility index (Phi) is 7.29. The predicted molar refractivity (Wildman–Crippen MR) is 100 cm³/mol. The molecule has 2 atom stereocenters. The molecule has 26 heavy (non-hydrogen) atoms. The molecule has 5 heteroatoms. The Morgan fingerprint density at radius 2 is 2.12 bits per heavy atom. The van der Waals surface area contributed by atoms with Crippen LogP contribution in [0.1, 0.15) is 56.8 Å². The molecule has 0 bridgehead atoms. The van der Waals surface area contributed by atoms with E-state index in [1.54, 1.807) is 6.07 Å². The number of morpholine rings is 1. The molecule has 1 aromatic carbocycles. The molecule has 2 aliphatic rings.